The van der Waals surface area contributed by atoms with E-state index in [0.29, 0.717) is 5.65 Å². The van der Waals surface area contributed by atoms with Crippen molar-refractivity contribution in [1.29, 1.82) is 0 Å². The van der Waals surface area contributed by atoms with Gasteiger partial charge in [0.05, 0.1) is 5.52 Å². The van der Waals surface area contributed by atoms with E-state index in [2.05, 4.69) is 25.0 Å². The summed E-state index contributed by atoms with van der Waals surface area (Å²) in [6.07, 6.45) is 1.79. The summed E-state index contributed by atoms with van der Waals surface area (Å²) in [5.41, 5.74) is 4.07. The first kappa shape index (κ1) is 13.6. The van der Waals surface area contributed by atoms with Gasteiger partial charge in [0.15, 0.2) is 0 Å². The van der Waals surface area contributed by atoms with Gasteiger partial charge in [-0.05, 0) is 23.8 Å². The Bertz CT molecular complexity index is 1010. The van der Waals surface area contributed by atoms with Gasteiger partial charge in [-0.2, -0.15) is 13.8 Å². The number of hydrogen-bond donors (Lipinski definition) is 1. The lowest BCUT2D eigenvalue weighted by Gasteiger charge is -2.03. The van der Waals surface area contributed by atoms with Crippen molar-refractivity contribution in [3.8, 4) is 17.0 Å². The van der Waals surface area contributed by atoms with Crippen LogP contribution in [0.3, 0.4) is 0 Å². The molecule has 3 aromatic heterocycles. The normalized spacial score (nSPS) is 11.7. The molecule has 3 heterocycles. The fraction of sp³-hybridized carbons (Fsp3) is 0.133. The van der Waals surface area contributed by atoms with Crippen LogP contribution in [-0.4, -0.2) is 31.6 Å². The van der Waals surface area contributed by atoms with Crippen LogP contribution >= 0.6 is 0 Å². The van der Waals surface area contributed by atoms with Gasteiger partial charge in [-0.25, -0.2) is 4.68 Å². The molecule has 4 rings (SSSR count). The Kier molecular flexibility index (Phi) is 2.97. The van der Waals surface area contributed by atoms with Gasteiger partial charge in [0.1, 0.15) is 11.2 Å². The molecule has 0 atom stereocenters. The van der Waals surface area contributed by atoms with Crippen molar-refractivity contribution < 1.29 is 13.5 Å². The molecule has 0 saturated carbocycles. The fourth-order valence-electron chi connectivity index (χ4n) is 2.58. The number of rotatable bonds is 3. The number of nitrogens with one attached hydrogen (secondary N) is 1. The zero-order chi connectivity index (χ0) is 16.0. The van der Waals surface area contributed by atoms with E-state index < -0.39 is 6.61 Å². The van der Waals surface area contributed by atoms with Crippen molar-refractivity contribution in [3.63, 3.8) is 0 Å². The average molecular weight is 315 g/mol. The second-order valence-electron chi connectivity index (χ2n) is 5.04. The molecule has 0 amide bonds. The van der Waals surface area contributed by atoms with Crippen LogP contribution < -0.4 is 4.74 Å². The highest BCUT2D eigenvalue weighted by Gasteiger charge is 2.12. The molecular formula is C15H11F2N5O. The highest BCUT2D eigenvalue weighted by molar-refractivity contribution is 5.95. The molecule has 0 aliphatic rings. The smallest absolute Gasteiger partial charge is 0.388 e. The molecule has 0 radical (unpaired) electrons. The Morgan fingerprint density at radius 1 is 1.22 bits per heavy atom. The minimum atomic E-state index is -2.89. The van der Waals surface area contributed by atoms with E-state index in [4.69, 9.17) is 0 Å². The number of aromatic amines is 1. The monoisotopic (exact) mass is 315 g/mol. The number of halogens is 2. The van der Waals surface area contributed by atoms with E-state index in [1.165, 1.54) is 6.07 Å². The maximum Gasteiger partial charge on any atom is 0.388 e. The van der Waals surface area contributed by atoms with Gasteiger partial charge in [-0.1, -0.05) is 11.3 Å². The Balaban J connectivity index is 1.82. The molecule has 0 aliphatic carbocycles. The number of nitrogens with zero attached hydrogens (tertiary/aromatic N) is 4. The summed E-state index contributed by atoms with van der Waals surface area (Å²) in [7, 11) is 1.82. The van der Waals surface area contributed by atoms with Crippen LogP contribution in [0.25, 0.3) is 33.2 Å². The Morgan fingerprint density at radius 3 is 2.91 bits per heavy atom. The largest absolute Gasteiger partial charge is 0.417 e. The van der Waals surface area contributed by atoms with Gasteiger partial charge in [-0.15, -0.1) is 5.10 Å². The molecule has 1 aromatic carbocycles. The Labute approximate surface area is 128 Å². The lowest BCUT2D eigenvalue weighted by molar-refractivity contribution is -0.0526. The third-order valence-corrected chi connectivity index (χ3v) is 3.64. The standard InChI is InChI=1S/C15H11F2N5O/c1-22-12-6-8(2-4-11(12)20-21-22)10-7-18-14-9(10)3-5-13(19-14)23-15(16)17/h2-7,15H,1H3,(H,18,19). The number of aryl methyl sites for hydroxylation is 1. The lowest BCUT2D eigenvalue weighted by atomic mass is 10.1. The van der Waals surface area contributed by atoms with Crippen molar-refractivity contribution in [2.24, 2.45) is 7.05 Å². The number of alkyl halides is 2. The molecule has 0 aliphatic heterocycles. The predicted molar refractivity (Wildman–Crippen MR) is 80.2 cm³/mol. The van der Waals surface area contributed by atoms with E-state index in [-0.39, 0.29) is 5.88 Å². The highest BCUT2D eigenvalue weighted by atomic mass is 19.3. The summed E-state index contributed by atoms with van der Waals surface area (Å²) in [5, 5.41) is 8.85. The summed E-state index contributed by atoms with van der Waals surface area (Å²) in [5.74, 6) is -0.118. The molecule has 1 N–H and O–H groups in total. The molecule has 0 spiro atoms. The molecule has 4 aromatic rings. The maximum absolute atomic E-state index is 12.3. The second-order valence-corrected chi connectivity index (χ2v) is 5.04. The third-order valence-electron chi connectivity index (χ3n) is 3.64. The molecule has 0 saturated heterocycles. The molecule has 23 heavy (non-hydrogen) atoms. The first-order valence-electron chi connectivity index (χ1n) is 6.84. The molecule has 0 bridgehead atoms. The molecule has 0 fully saturated rings. The Hall–Kier alpha value is -3.03. The van der Waals surface area contributed by atoms with Gasteiger partial charge >= 0.3 is 6.61 Å². The minimum Gasteiger partial charge on any atom is -0.417 e. The molecule has 116 valence electrons. The van der Waals surface area contributed by atoms with Gasteiger partial charge in [0.25, 0.3) is 0 Å². The fourth-order valence-corrected chi connectivity index (χ4v) is 2.58. The topological polar surface area (TPSA) is 68.6 Å². The van der Waals surface area contributed by atoms with Crippen molar-refractivity contribution >= 4 is 22.1 Å². The quantitative estimate of drug-likeness (QED) is 0.631. The number of pyridine rings is 1. The third kappa shape index (κ3) is 2.28. The van der Waals surface area contributed by atoms with Crippen LogP contribution in [0, 0.1) is 0 Å². The van der Waals surface area contributed by atoms with Gasteiger partial charge < -0.3 is 9.72 Å². The van der Waals surface area contributed by atoms with E-state index in [9.17, 15) is 8.78 Å². The predicted octanol–water partition coefficient (Wildman–Crippen LogP) is 3.11. The maximum atomic E-state index is 12.3. The highest BCUT2D eigenvalue weighted by Crippen LogP contribution is 2.30. The summed E-state index contributed by atoms with van der Waals surface area (Å²) in [6, 6.07) is 8.93. The SMILES string of the molecule is Cn1nnc2ccc(-c3c[nH]c4nc(OC(F)F)ccc34)cc21. The second kappa shape index (κ2) is 5.01. The van der Waals surface area contributed by atoms with Crippen molar-refractivity contribution in [2.45, 2.75) is 6.61 Å². The lowest BCUT2D eigenvalue weighted by Crippen LogP contribution is -2.03. The molecule has 6 nitrogen and oxygen atoms in total. The number of ether oxygens (including phenoxy) is 1. The number of hydrogen-bond acceptors (Lipinski definition) is 4. The zero-order valence-corrected chi connectivity index (χ0v) is 12.0. The van der Waals surface area contributed by atoms with E-state index in [1.54, 1.807) is 16.9 Å². The zero-order valence-electron chi connectivity index (χ0n) is 12.0. The van der Waals surface area contributed by atoms with E-state index in [1.807, 2.05) is 25.2 Å². The van der Waals surface area contributed by atoms with Gasteiger partial charge in [-0.3, -0.25) is 0 Å². The summed E-state index contributed by atoms with van der Waals surface area (Å²) in [6.45, 7) is -2.89. The van der Waals surface area contributed by atoms with Crippen molar-refractivity contribution in [1.82, 2.24) is 25.0 Å². The van der Waals surface area contributed by atoms with Crippen LogP contribution in [0.4, 0.5) is 8.78 Å². The first-order chi connectivity index (χ1) is 11.1. The van der Waals surface area contributed by atoms with Crippen molar-refractivity contribution in [2.75, 3.05) is 0 Å². The number of benzene rings is 1. The summed E-state index contributed by atoms with van der Waals surface area (Å²) >= 11 is 0. The van der Waals surface area contributed by atoms with Crippen LogP contribution in [0.2, 0.25) is 0 Å². The Morgan fingerprint density at radius 2 is 2.09 bits per heavy atom. The minimum absolute atomic E-state index is 0.118. The summed E-state index contributed by atoms with van der Waals surface area (Å²) < 4.78 is 30.5. The number of aromatic nitrogens is 5. The average Bonchev–Trinajstić information content (AvgIpc) is 3.10. The van der Waals surface area contributed by atoms with E-state index in [0.717, 1.165) is 27.5 Å². The van der Waals surface area contributed by atoms with Crippen LogP contribution in [0.5, 0.6) is 5.88 Å². The van der Waals surface area contributed by atoms with Gasteiger partial charge in [0, 0.05) is 30.3 Å². The summed E-state index contributed by atoms with van der Waals surface area (Å²) in [4.78, 5) is 7.03. The number of fused-ring (bicyclic) bond motifs is 2. The number of H-pyrrole nitrogens is 1. The molecule has 8 heteroatoms. The van der Waals surface area contributed by atoms with Crippen LogP contribution in [-0.2, 0) is 7.05 Å². The van der Waals surface area contributed by atoms with Crippen molar-refractivity contribution in [3.05, 3.63) is 36.5 Å². The van der Waals surface area contributed by atoms with Crippen LogP contribution in [0.1, 0.15) is 0 Å². The first-order valence-corrected chi connectivity index (χ1v) is 6.84. The molecular weight excluding hydrogens is 304 g/mol. The van der Waals surface area contributed by atoms with E-state index >= 15 is 0 Å². The van der Waals surface area contributed by atoms with Gasteiger partial charge in [0.2, 0.25) is 5.88 Å². The molecule has 0 unspecified atom stereocenters. The van der Waals surface area contributed by atoms with Crippen LogP contribution in [0.15, 0.2) is 36.5 Å².